The van der Waals surface area contributed by atoms with E-state index in [9.17, 15) is 0 Å². The topological polar surface area (TPSA) is 27.7 Å². The van der Waals surface area contributed by atoms with E-state index in [-0.39, 0.29) is 0 Å². The molecule has 27 heavy (non-hydrogen) atoms. The van der Waals surface area contributed by atoms with Crippen LogP contribution in [0.2, 0.25) is 78.6 Å². The van der Waals surface area contributed by atoms with Gasteiger partial charge in [0.15, 0.2) is 0 Å². The average Bonchev–Trinajstić information content (AvgIpc) is 2.78. The summed E-state index contributed by atoms with van der Waals surface area (Å²) in [5.74, 6) is 0. The molecular weight excluding hydrogens is 433 g/mol. The minimum Gasteiger partial charge on any atom is -0.449 e. The van der Waals surface area contributed by atoms with Gasteiger partial charge in [0.1, 0.15) is 0 Å². The van der Waals surface area contributed by atoms with Gasteiger partial charge in [-0.25, -0.2) is 0 Å². The minimum absolute atomic E-state index is 1.65. The predicted molar refractivity (Wildman–Crippen MR) is 129 cm³/mol. The molecule has 150 valence electrons. The van der Waals surface area contributed by atoms with Crippen LogP contribution in [-0.2, 0) is 12.3 Å². The third-order valence-electron chi connectivity index (χ3n) is 6.64. The number of hydrogen-bond donors (Lipinski definition) is 0. The van der Waals surface area contributed by atoms with Crippen LogP contribution in [0.3, 0.4) is 0 Å². The van der Waals surface area contributed by atoms with Crippen molar-refractivity contribution >= 4 is 49.9 Å². The molecular formula is C18H36O3Si6. The molecule has 1 fully saturated rings. The van der Waals surface area contributed by atoms with Crippen molar-refractivity contribution in [2.45, 2.75) is 78.6 Å². The first-order chi connectivity index (χ1) is 11.9. The van der Waals surface area contributed by atoms with Crippen molar-refractivity contribution in [3.8, 4) is 0 Å². The molecule has 1 saturated heterocycles. The van der Waals surface area contributed by atoms with Crippen molar-refractivity contribution in [3.05, 3.63) is 31.2 Å². The van der Waals surface area contributed by atoms with Crippen LogP contribution in [0.1, 0.15) is 0 Å². The third kappa shape index (κ3) is 2.56. The maximum Gasteiger partial charge on any atom is 0.206 e. The predicted octanol–water partition coefficient (Wildman–Crippen LogP) is 5.45. The molecule has 0 amide bonds. The lowest BCUT2D eigenvalue weighted by Crippen LogP contribution is -2.64. The van der Waals surface area contributed by atoms with Gasteiger partial charge >= 0.3 is 0 Å². The molecule has 0 atom stereocenters. The Balaban J connectivity index is 2.25. The van der Waals surface area contributed by atoms with Crippen molar-refractivity contribution in [1.82, 2.24) is 0 Å². The van der Waals surface area contributed by atoms with Crippen LogP contribution < -0.4 is 0 Å². The Morgan fingerprint density at radius 2 is 0.630 bits per heavy atom. The second kappa shape index (κ2) is 5.17. The van der Waals surface area contributed by atoms with Crippen LogP contribution in [-0.4, -0.2) is 49.9 Å². The second-order valence-electron chi connectivity index (χ2n) is 11.6. The van der Waals surface area contributed by atoms with Gasteiger partial charge in [0.25, 0.3) is 0 Å². The highest BCUT2D eigenvalue weighted by atomic mass is 28.5. The number of rotatable bonds is 0. The van der Waals surface area contributed by atoms with E-state index in [4.69, 9.17) is 12.3 Å². The first-order valence-electron chi connectivity index (χ1n) is 10.2. The van der Waals surface area contributed by atoms with E-state index in [2.05, 4.69) is 78.6 Å². The summed E-state index contributed by atoms with van der Waals surface area (Å²) in [6.45, 7) is 29.2. The lowest BCUT2D eigenvalue weighted by Gasteiger charge is -2.53. The molecule has 0 spiro atoms. The van der Waals surface area contributed by atoms with Crippen molar-refractivity contribution in [3.63, 3.8) is 0 Å². The molecule has 0 aromatic rings. The quantitative estimate of drug-likeness (QED) is 0.443. The SMILES string of the molecule is C[Si]1(C)O[Si](C)(C)C2=C3C1=C1C(=C3[Si](C)(C)O[Si]2(C)C)[Si](C)(C)O[Si]1(C)C. The fourth-order valence-corrected chi connectivity index (χ4v) is 45.4. The fraction of sp³-hybridized carbons (Fsp3) is 0.667. The zero-order chi connectivity index (χ0) is 20.6. The maximum atomic E-state index is 7.12. The Bertz CT molecular complexity index is 806. The Kier molecular flexibility index (Phi) is 3.96. The Hall–Kier alpha value is 0.401. The first-order valence-corrected chi connectivity index (χ1v) is 27.7. The molecule has 0 bridgehead atoms. The Morgan fingerprint density at radius 3 is 0.963 bits per heavy atom. The standard InChI is InChI=1S/C18H36O3Si6/c1-22(2)14-13-15(17-16(14)24(5,6)19-25(17,7)8)23(3,4)21-27(11,12)18(13)26(9,10)20-22/h1-12H3. The maximum absolute atomic E-state index is 7.12. The molecule has 9 heteroatoms. The highest BCUT2D eigenvalue weighted by Crippen LogP contribution is 2.61. The molecule has 0 saturated carbocycles. The summed E-state index contributed by atoms with van der Waals surface area (Å²) in [5, 5.41) is 6.60. The van der Waals surface area contributed by atoms with Crippen molar-refractivity contribution in [2.75, 3.05) is 0 Å². The zero-order valence-corrected chi connectivity index (χ0v) is 25.2. The van der Waals surface area contributed by atoms with Crippen molar-refractivity contribution in [2.24, 2.45) is 0 Å². The summed E-state index contributed by atoms with van der Waals surface area (Å²) in [6.07, 6.45) is 0. The molecule has 4 aliphatic rings. The van der Waals surface area contributed by atoms with Crippen LogP contribution in [0.15, 0.2) is 31.2 Å². The largest absolute Gasteiger partial charge is 0.449 e. The van der Waals surface area contributed by atoms with Gasteiger partial charge in [-0.15, -0.1) is 0 Å². The minimum atomic E-state index is -1.98. The van der Waals surface area contributed by atoms with Crippen LogP contribution in [0.5, 0.6) is 0 Å². The van der Waals surface area contributed by atoms with E-state index < -0.39 is 49.9 Å². The molecule has 3 heterocycles. The van der Waals surface area contributed by atoms with E-state index >= 15 is 0 Å². The third-order valence-corrected chi connectivity index (χ3v) is 33.0. The van der Waals surface area contributed by atoms with Crippen LogP contribution in [0.4, 0.5) is 0 Å². The monoisotopic (exact) mass is 468 g/mol. The lowest BCUT2D eigenvalue weighted by molar-refractivity contribution is 0.533. The van der Waals surface area contributed by atoms with E-state index in [1.165, 1.54) is 0 Å². The molecule has 0 aromatic heterocycles. The smallest absolute Gasteiger partial charge is 0.206 e. The van der Waals surface area contributed by atoms with E-state index in [1.807, 2.05) is 0 Å². The van der Waals surface area contributed by atoms with Crippen LogP contribution in [0.25, 0.3) is 0 Å². The molecule has 0 unspecified atom stereocenters. The molecule has 0 N–H and O–H groups in total. The number of hydrogen-bond acceptors (Lipinski definition) is 3. The van der Waals surface area contributed by atoms with Crippen molar-refractivity contribution in [1.29, 1.82) is 0 Å². The van der Waals surface area contributed by atoms with Crippen LogP contribution in [0, 0.1) is 0 Å². The number of allylic oxidation sites excluding steroid dienone is 5. The molecule has 0 radical (unpaired) electrons. The lowest BCUT2D eigenvalue weighted by atomic mass is 10.3. The zero-order valence-electron chi connectivity index (χ0n) is 19.2. The Morgan fingerprint density at radius 1 is 0.370 bits per heavy atom. The number of fused-ring (bicyclic) bond motifs is 1. The van der Waals surface area contributed by atoms with Gasteiger partial charge in [-0.2, -0.15) is 0 Å². The van der Waals surface area contributed by atoms with Gasteiger partial charge in [-0.1, -0.05) is 0 Å². The van der Waals surface area contributed by atoms with Crippen molar-refractivity contribution < 1.29 is 12.3 Å². The summed E-state index contributed by atoms with van der Waals surface area (Å²) in [5.41, 5.74) is 1.70. The summed E-state index contributed by atoms with van der Waals surface area (Å²) in [6, 6.07) is 0. The summed E-state index contributed by atoms with van der Waals surface area (Å²) in [4.78, 5) is 1.66. The second-order valence-corrected chi connectivity index (χ2v) is 35.7. The molecule has 1 aliphatic carbocycles. The highest BCUT2D eigenvalue weighted by Gasteiger charge is 2.66. The normalized spacial score (nSPS) is 33.3. The molecule has 3 nitrogen and oxygen atoms in total. The highest BCUT2D eigenvalue weighted by molar-refractivity contribution is 7.12. The van der Waals surface area contributed by atoms with E-state index in [1.54, 1.807) is 31.2 Å². The van der Waals surface area contributed by atoms with Gasteiger partial charge in [0, 0.05) is 0 Å². The van der Waals surface area contributed by atoms with Gasteiger partial charge in [0.05, 0.1) is 0 Å². The van der Waals surface area contributed by atoms with Gasteiger partial charge in [0.2, 0.25) is 49.9 Å². The fourth-order valence-electron chi connectivity index (χ4n) is 6.83. The Labute approximate surface area is 171 Å². The first kappa shape index (κ1) is 20.7. The summed E-state index contributed by atoms with van der Waals surface area (Å²) < 4.78 is 21.2. The summed E-state index contributed by atoms with van der Waals surface area (Å²) >= 11 is 0. The molecule has 3 aliphatic heterocycles. The van der Waals surface area contributed by atoms with Gasteiger partial charge in [-0.05, 0) is 110 Å². The van der Waals surface area contributed by atoms with E-state index in [0.29, 0.717) is 0 Å². The van der Waals surface area contributed by atoms with Crippen LogP contribution >= 0.6 is 0 Å². The van der Waals surface area contributed by atoms with E-state index in [0.717, 1.165) is 0 Å². The van der Waals surface area contributed by atoms with Gasteiger partial charge in [-0.3, -0.25) is 0 Å². The molecule has 0 aromatic carbocycles. The summed E-state index contributed by atoms with van der Waals surface area (Å²) in [7, 11) is -11.7. The average molecular weight is 469 g/mol. The molecule has 4 rings (SSSR count). The van der Waals surface area contributed by atoms with Gasteiger partial charge < -0.3 is 12.3 Å².